The van der Waals surface area contributed by atoms with Gasteiger partial charge in [0.25, 0.3) is 0 Å². The Labute approximate surface area is 190 Å². The predicted octanol–water partition coefficient (Wildman–Crippen LogP) is 6.29. The van der Waals surface area contributed by atoms with Crippen molar-refractivity contribution in [3.8, 4) is 22.8 Å². The zero-order chi connectivity index (χ0) is 22.3. The Morgan fingerprint density at radius 2 is 1.81 bits per heavy atom. The van der Waals surface area contributed by atoms with E-state index < -0.39 is 0 Å². The molecule has 3 aromatic carbocycles. The molecule has 0 bridgehead atoms. The van der Waals surface area contributed by atoms with Gasteiger partial charge in [-0.2, -0.15) is 5.10 Å². The molecule has 0 aliphatic rings. The highest BCUT2D eigenvalue weighted by Crippen LogP contribution is 2.31. The highest BCUT2D eigenvalue weighted by atomic mass is 32.1. The molecule has 0 atom stereocenters. The second-order valence-electron chi connectivity index (χ2n) is 6.99. The first-order chi connectivity index (χ1) is 15.6. The lowest BCUT2D eigenvalue weighted by molar-refractivity contribution is 0.284. The number of nitrogens with zero attached hydrogens (tertiary/aromatic N) is 2. The summed E-state index contributed by atoms with van der Waals surface area (Å²) < 4.78 is 24.3. The van der Waals surface area contributed by atoms with E-state index in [1.165, 1.54) is 12.1 Å². The summed E-state index contributed by atoms with van der Waals surface area (Å²) in [6, 6.07) is 21.8. The summed E-state index contributed by atoms with van der Waals surface area (Å²) in [6.45, 7) is 2.36. The summed E-state index contributed by atoms with van der Waals surface area (Å²) in [5.41, 5.74) is 6.76. The first kappa shape index (κ1) is 21.5. The number of rotatable bonds is 8. The largest absolute Gasteiger partial charge is 0.493 e. The van der Waals surface area contributed by atoms with Crippen molar-refractivity contribution in [2.45, 2.75) is 13.5 Å². The molecule has 32 heavy (non-hydrogen) atoms. The van der Waals surface area contributed by atoms with Crippen molar-refractivity contribution in [1.29, 1.82) is 0 Å². The fourth-order valence-corrected chi connectivity index (χ4v) is 3.88. The van der Waals surface area contributed by atoms with Gasteiger partial charge >= 0.3 is 0 Å². The summed E-state index contributed by atoms with van der Waals surface area (Å²) in [4.78, 5) is 5.77. The van der Waals surface area contributed by atoms with Crippen LogP contribution in [-0.2, 0) is 6.61 Å². The molecular weight excluding hydrogens is 425 g/mol. The molecule has 0 aliphatic heterocycles. The molecule has 0 radical (unpaired) electrons. The zero-order valence-corrected chi connectivity index (χ0v) is 18.5. The van der Waals surface area contributed by atoms with E-state index in [1.807, 2.05) is 55.5 Å². The third-order valence-corrected chi connectivity index (χ3v) is 5.59. The second-order valence-corrected chi connectivity index (χ2v) is 8.19. The SMILES string of the molecule is COc1cc(/C=N\Nc2nc(-c3ccccc3)c(C)s2)ccc1OCc1ccc(F)cc1. The molecule has 0 fully saturated rings. The molecule has 4 aromatic rings. The standard InChI is InChI=1S/C25H22FN3O2S/c1-17-24(20-6-4-3-5-7-20)28-25(32-17)29-27-15-19-10-13-22(23(14-19)30-2)31-16-18-8-11-21(26)12-9-18/h3-15H,16H2,1-2H3,(H,28,29)/b27-15-. The van der Waals surface area contributed by atoms with Crippen LogP contribution in [0.5, 0.6) is 11.5 Å². The molecule has 0 unspecified atom stereocenters. The molecule has 0 saturated heterocycles. The Kier molecular flexibility index (Phi) is 6.77. The smallest absolute Gasteiger partial charge is 0.204 e. The van der Waals surface area contributed by atoms with Crippen LogP contribution in [0.3, 0.4) is 0 Å². The van der Waals surface area contributed by atoms with E-state index in [-0.39, 0.29) is 5.82 Å². The number of aromatic nitrogens is 1. The number of hydrogen-bond acceptors (Lipinski definition) is 6. The lowest BCUT2D eigenvalue weighted by atomic mass is 10.1. The number of methoxy groups -OCH3 is 1. The van der Waals surface area contributed by atoms with Crippen molar-refractivity contribution in [2.24, 2.45) is 5.10 Å². The predicted molar refractivity (Wildman–Crippen MR) is 127 cm³/mol. The molecule has 5 nitrogen and oxygen atoms in total. The number of halogens is 1. The van der Waals surface area contributed by atoms with Crippen LogP contribution in [0.15, 0.2) is 77.9 Å². The average Bonchev–Trinajstić information content (AvgIpc) is 3.20. The fraction of sp³-hybridized carbons (Fsp3) is 0.120. The van der Waals surface area contributed by atoms with E-state index in [9.17, 15) is 4.39 Å². The van der Waals surface area contributed by atoms with Gasteiger partial charge in [-0.3, -0.25) is 5.43 Å². The molecule has 1 N–H and O–H groups in total. The van der Waals surface area contributed by atoms with Gasteiger partial charge in [0.1, 0.15) is 12.4 Å². The van der Waals surface area contributed by atoms with Gasteiger partial charge in [0, 0.05) is 10.4 Å². The Hall–Kier alpha value is -3.71. The summed E-state index contributed by atoms with van der Waals surface area (Å²) in [6.07, 6.45) is 1.70. The minimum Gasteiger partial charge on any atom is -0.493 e. The molecule has 0 saturated carbocycles. The van der Waals surface area contributed by atoms with Crippen LogP contribution in [0.1, 0.15) is 16.0 Å². The fourth-order valence-electron chi connectivity index (χ4n) is 3.10. The van der Waals surface area contributed by atoms with Crippen molar-refractivity contribution in [3.05, 3.63) is 94.6 Å². The van der Waals surface area contributed by atoms with Crippen LogP contribution in [0.4, 0.5) is 9.52 Å². The van der Waals surface area contributed by atoms with Gasteiger partial charge < -0.3 is 9.47 Å². The van der Waals surface area contributed by atoms with Crippen molar-refractivity contribution >= 4 is 22.7 Å². The number of ether oxygens (including phenoxy) is 2. The quantitative estimate of drug-likeness (QED) is 0.255. The van der Waals surface area contributed by atoms with Gasteiger partial charge in [0.05, 0.1) is 19.0 Å². The van der Waals surface area contributed by atoms with Gasteiger partial charge in [-0.1, -0.05) is 42.5 Å². The highest BCUT2D eigenvalue weighted by molar-refractivity contribution is 7.15. The van der Waals surface area contributed by atoms with Gasteiger partial charge in [-0.25, -0.2) is 9.37 Å². The zero-order valence-electron chi connectivity index (χ0n) is 17.7. The topological polar surface area (TPSA) is 55.7 Å². The third-order valence-electron chi connectivity index (χ3n) is 4.71. The number of benzene rings is 3. The van der Waals surface area contributed by atoms with Gasteiger partial charge in [-0.15, -0.1) is 11.3 Å². The van der Waals surface area contributed by atoms with Crippen LogP contribution < -0.4 is 14.9 Å². The number of hydrogen-bond donors (Lipinski definition) is 1. The minimum absolute atomic E-state index is 0.271. The van der Waals surface area contributed by atoms with Gasteiger partial charge in [-0.05, 0) is 48.4 Å². The van der Waals surface area contributed by atoms with E-state index in [1.54, 1.807) is 36.8 Å². The summed E-state index contributed by atoms with van der Waals surface area (Å²) >= 11 is 1.56. The number of aryl methyl sites for hydroxylation is 1. The lowest BCUT2D eigenvalue weighted by Gasteiger charge is -2.11. The van der Waals surface area contributed by atoms with Gasteiger partial charge in [0.15, 0.2) is 11.5 Å². The number of thiazole rings is 1. The van der Waals surface area contributed by atoms with E-state index in [0.29, 0.717) is 18.1 Å². The van der Waals surface area contributed by atoms with Gasteiger partial charge in [0.2, 0.25) is 5.13 Å². The first-order valence-electron chi connectivity index (χ1n) is 9.99. The molecule has 0 amide bonds. The molecule has 1 aromatic heterocycles. The van der Waals surface area contributed by atoms with E-state index >= 15 is 0 Å². The Balaban J connectivity index is 1.40. The molecule has 4 rings (SSSR count). The highest BCUT2D eigenvalue weighted by Gasteiger charge is 2.09. The van der Waals surface area contributed by atoms with Crippen molar-refractivity contribution < 1.29 is 13.9 Å². The van der Waals surface area contributed by atoms with Crippen molar-refractivity contribution in [2.75, 3.05) is 12.5 Å². The summed E-state index contributed by atoms with van der Waals surface area (Å²) in [5, 5.41) is 5.03. The van der Waals surface area contributed by atoms with E-state index in [0.717, 1.165) is 32.4 Å². The van der Waals surface area contributed by atoms with Crippen molar-refractivity contribution in [1.82, 2.24) is 4.98 Å². The third kappa shape index (κ3) is 5.31. The Morgan fingerprint density at radius 1 is 1.03 bits per heavy atom. The van der Waals surface area contributed by atoms with Crippen LogP contribution in [-0.4, -0.2) is 18.3 Å². The summed E-state index contributed by atoms with van der Waals surface area (Å²) in [5.74, 6) is 0.922. The normalized spacial score (nSPS) is 11.0. The second kappa shape index (κ2) is 10.1. The molecule has 0 aliphatic carbocycles. The minimum atomic E-state index is -0.271. The summed E-state index contributed by atoms with van der Waals surface area (Å²) in [7, 11) is 1.59. The van der Waals surface area contributed by atoms with E-state index in [4.69, 9.17) is 9.47 Å². The molecule has 1 heterocycles. The monoisotopic (exact) mass is 447 g/mol. The lowest BCUT2D eigenvalue weighted by Crippen LogP contribution is -1.99. The maximum atomic E-state index is 13.0. The van der Waals surface area contributed by atoms with Crippen LogP contribution >= 0.6 is 11.3 Å². The number of anilines is 1. The molecule has 7 heteroatoms. The van der Waals surface area contributed by atoms with E-state index in [2.05, 4.69) is 15.5 Å². The molecule has 162 valence electrons. The molecule has 0 spiro atoms. The Morgan fingerprint density at radius 3 is 2.56 bits per heavy atom. The number of hydrazone groups is 1. The van der Waals surface area contributed by atoms with Crippen LogP contribution in [0.2, 0.25) is 0 Å². The maximum Gasteiger partial charge on any atom is 0.204 e. The Bertz CT molecular complexity index is 1210. The number of nitrogens with one attached hydrogen (secondary N) is 1. The van der Waals surface area contributed by atoms with Crippen molar-refractivity contribution in [3.63, 3.8) is 0 Å². The maximum absolute atomic E-state index is 13.0. The van der Waals surface area contributed by atoms with Crippen LogP contribution in [0, 0.1) is 12.7 Å². The molecular formula is C25H22FN3O2S. The average molecular weight is 448 g/mol. The van der Waals surface area contributed by atoms with Crippen LogP contribution in [0.25, 0.3) is 11.3 Å². The first-order valence-corrected chi connectivity index (χ1v) is 10.8.